The molecule has 12 nitrogen and oxygen atoms in total. The molecule has 37 heavy (non-hydrogen) atoms. The molecule has 2 N–H and O–H groups in total. The van der Waals surface area contributed by atoms with Gasteiger partial charge in [-0.05, 0) is 33.9 Å². The fraction of sp³-hybridized carbons (Fsp3) is 0.211. The van der Waals surface area contributed by atoms with Crippen LogP contribution in [-0.2, 0) is 9.30 Å². The van der Waals surface area contributed by atoms with E-state index in [4.69, 9.17) is 61.7 Å². The summed E-state index contributed by atoms with van der Waals surface area (Å²) in [4.78, 5) is 52.1. The van der Waals surface area contributed by atoms with E-state index in [-0.39, 0.29) is 144 Å². The maximum absolute atomic E-state index is 12.7. The second-order valence-electron chi connectivity index (χ2n) is 6.68. The molecule has 0 aliphatic carbocycles. The van der Waals surface area contributed by atoms with Crippen molar-refractivity contribution in [3.63, 3.8) is 0 Å². The minimum Gasteiger partial charge on any atom is -0.807 e. The number of carboxylic acid groups (broad SMARTS) is 1. The summed E-state index contributed by atoms with van der Waals surface area (Å²) in [5.41, 5.74) is -2.30. The van der Waals surface area contributed by atoms with Crippen LogP contribution in [0, 0.1) is 20.8 Å². The van der Waals surface area contributed by atoms with Crippen LogP contribution in [0.2, 0.25) is 10.0 Å². The molecule has 0 unspecified atom stereocenters. The average molecular weight is 605 g/mol. The van der Waals surface area contributed by atoms with Crippen LogP contribution in [0.4, 0.5) is 4.79 Å². The van der Waals surface area contributed by atoms with E-state index in [1.165, 1.54) is 27.9 Å². The van der Waals surface area contributed by atoms with E-state index >= 15 is 0 Å². The van der Waals surface area contributed by atoms with E-state index in [9.17, 15) is 19.8 Å². The molecule has 0 saturated carbocycles. The summed E-state index contributed by atoms with van der Waals surface area (Å²) in [5.74, 6) is -2.74. The second-order valence-corrected chi connectivity index (χ2v) is 8.80. The number of ether oxygens (including phenoxy) is 3. The molecule has 0 bridgehead atoms. The summed E-state index contributed by atoms with van der Waals surface area (Å²) < 4.78 is 25.0. The van der Waals surface area contributed by atoms with Gasteiger partial charge in [0.2, 0.25) is 0 Å². The van der Waals surface area contributed by atoms with Crippen molar-refractivity contribution in [1.82, 2.24) is 0 Å². The van der Waals surface area contributed by atoms with Gasteiger partial charge in [0.1, 0.15) is 21.9 Å². The molecule has 18 heteroatoms. The summed E-state index contributed by atoms with van der Waals surface area (Å²) in [6, 6.07) is 0. The number of rotatable bonds is 2. The first-order chi connectivity index (χ1) is 15.6. The SMILES string of the molecule is COC(=O)c1c(C)c2c(c(C)c1O)OC(=O)c1c(C)c(Cl)c(O)c(Cl)c1O2.O=C([O-])P(=O)([O-])[O-].[Na+].[Na+].[Na+]. The molecular formula is C19H14Cl2Na3O12P. The Morgan fingerprint density at radius 1 is 0.865 bits per heavy atom. The summed E-state index contributed by atoms with van der Waals surface area (Å²) in [7, 11) is -4.27. The molecule has 0 aromatic heterocycles. The van der Waals surface area contributed by atoms with Crippen molar-refractivity contribution in [2.75, 3.05) is 7.11 Å². The number of hydrogen-bond donors (Lipinski definition) is 2. The van der Waals surface area contributed by atoms with Gasteiger partial charge in [0.25, 0.3) is 0 Å². The summed E-state index contributed by atoms with van der Waals surface area (Å²) in [6.07, 6.45) is 0. The molecule has 1 aliphatic heterocycles. The molecule has 0 spiro atoms. The zero-order valence-corrected chi connectivity index (χ0v) is 29.1. The van der Waals surface area contributed by atoms with Crippen LogP contribution >= 0.6 is 30.8 Å². The first kappa shape index (κ1) is 39.1. The van der Waals surface area contributed by atoms with Gasteiger partial charge in [-0.3, -0.25) is 0 Å². The standard InChI is InChI=1S/C18H14Cl2O7.CH3O5P.3Na/c1-5-9-16(11(20)13(22)10(5)19)26-14-6(2)8(17(23)25-4)12(21)7(3)15(14)27-18(9)24;2-1(3)7(4,5)6;;;/h21-22H,1-4H3;(H,2,3)(H2,4,5,6);;;/q;;3*+1/p-3. The van der Waals surface area contributed by atoms with E-state index in [0.717, 1.165) is 0 Å². The van der Waals surface area contributed by atoms with Gasteiger partial charge in [0.15, 0.2) is 23.0 Å². The predicted octanol–water partition coefficient (Wildman–Crippen LogP) is -7.30. The molecule has 3 rings (SSSR count). The largest absolute Gasteiger partial charge is 1.00 e. The Morgan fingerprint density at radius 3 is 1.76 bits per heavy atom. The minimum atomic E-state index is -5.43. The number of halogens is 2. The van der Waals surface area contributed by atoms with E-state index in [1.807, 2.05) is 0 Å². The Morgan fingerprint density at radius 2 is 1.32 bits per heavy atom. The molecule has 0 saturated heterocycles. The Kier molecular flexibility index (Phi) is 16.0. The van der Waals surface area contributed by atoms with Crippen LogP contribution in [0.1, 0.15) is 37.4 Å². The quantitative estimate of drug-likeness (QED) is 0.142. The molecule has 1 aliphatic rings. The van der Waals surface area contributed by atoms with Crippen molar-refractivity contribution < 1.29 is 147 Å². The Bertz CT molecular complexity index is 1300. The normalized spacial score (nSPS) is 11.2. The third kappa shape index (κ3) is 8.02. The first-order valence-corrected chi connectivity index (χ1v) is 11.1. The summed E-state index contributed by atoms with van der Waals surface area (Å²) in [6.45, 7) is 4.43. The van der Waals surface area contributed by atoms with Crippen LogP contribution in [0.5, 0.6) is 28.7 Å². The average Bonchev–Trinajstić information content (AvgIpc) is 2.91. The topological polar surface area (TPSA) is 206 Å². The maximum atomic E-state index is 12.7. The van der Waals surface area contributed by atoms with E-state index in [1.54, 1.807) is 0 Å². The van der Waals surface area contributed by atoms with Crippen molar-refractivity contribution in [1.29, 1.82) is 0 Å². The summed E-state index contributed by atoms with van der Waals surface area (Å²) >= 11 is 12.2. The predicted molar refractivity (Wildman–Crippen MR) is 110 cm³/mol. The number of fused-ring (bicyclic) bond motifs is 2. The number of hydrogen-bond acceptors (Lipinski definition) is 12. The van der Waals surface area contributed by atoms with Gasteiger partial charge in [-0.2, -0.15) is 0 Å². The van der Waals surface area contributed by atoms with Crippen molar-refractivity contribution >= 4 is 48.4 Å². The van der Waals surface area contributed by atoms with Gasteiger partial charge in [0.05, 0.1) is 17.8 Å². The van der Waals surface area contributed by atoms with Crippen molar-refractivity contribution in [2.24, 2.45) is 0 Å². The van der Waals surface area contributed by atoms with Gasteiger partial charge in [-0.25, -0.2) is 9.59 Å². The third-order valence-electron chi connectivity index (χ3n) is 4.62. The molecule has 0 atom stereocenters. The van der Waals surface area contributed by atoms with Crippen LogP contribution in [0.15, 0.2) is 0 Å². The number of phenols is 2. The van der Waals surface area contributed by atoms with Gasteiger partial charge in [-0.15, -0.1) is 0 Å². The monoisotopic (exact) mass is 604 g/mol. The molecule has 0 amide bonds. The van der Waals surface area contributed by atoms with Gasteiger partial charge in [0, 0.05) is 11.1 Å². The molecule has 2 aromatic rings. The fourth-order valence-corrected chi connectivity index (χ4v) is 3.35. The van der Waals surface area contributed by atoms with E-state index < -0.39 is 36.7 Å². The van der Waals surface area contributed by atoms with Gasteiger partial charge >= 0.3 is 101 Å². The molecule has 2 aromatic carbocycles. The fourth-order valence-electron chi connectivity index (χ4n) is 2.88. The first-order valence-electron chi connectivity index (χ1n) is 8.84. The molecule has 0 fully saturated rings. The zero-order valence-electron chi connectivity index (χ0n) is 20.7. The van der Waals surface area contributed by atoms with E-state index in [0.29, 0.717) is 0 Å². The van der Waals surface area contributed by atoms with Gasteiger partial charge < -0.3 is 48.7 Å². The third-order valence-corrected chi connectivity index (χ3v) is 5.88. The number of methoxy groups -OCH3 is 1. The van der Waals surface area contributed by atoms with Crippen LogP contribution in [0.3, 0.4) is 0 Å². The number of phenolic OH excluding ortho intramolecular Hbond substituents is 2. The number of aromatic hydroxyl groups is 2. The molecule has 0 radical (unpaired) electrons. The Labute approximate surface area is 286 Å². The van der Waals surface area contributed by atoms with Crippen molar-refractivity contribution in [2.45, 2.75) is 20.8 Å². The minimum absolute atomic E-state index is 0. The number of carbonyl (C=O) groups is 3. The van der Waals surface area contributed by atoms with Crippen LogP contribution < -0.4 is 113 Å². The Balaban J connectivity index is 0. The Hall–Kier alpha value is -0.0200. The zero-order chi connectivity index (χ0) is 26.3. The molecular weight excluding hydrogens is 591 g/mol. The molecule has 184 valence electrons. The summed E-state index contributed by atoms with van der Waals surface area (Å²) in [5, 5.41) is 29.1. The second kappa shape index (κ2) is 15.1. The number of esters is 2. The maximum Gasteiger partial charge on any atom is 1.00 e. The van der Waals surface area contributed by atoms with Gasteiger partial charge in [-0.1, -0.05) is 23.2 Å². The van der Waals surface area contributed by atoms with Crippen molar-refractivity contribution in [3.8, 4) is 28.7 Å². The smallest absolute Gasteiger partial charge is 0.807 e. The number of carbonyl (C=O) groups excluding carboxylic acids is 3. The number of benzene rings is 2. The van der Waals surface area contributed by atoms with Crippen LogP contribution in [0.25, 0.3) is 0 Å². The van der Waals surface area contributed by atoms with Crippen LogP contribution in [-0.4, -0.2) is 35.0 Å². The van der Waals surface area contributed by atoms with E-state index in [2.05, 4.69) is 0 Å². The van der Waals surface area contributed by atoms with Crippen molar-refractivity contribution in [3.05, 3.63) is 37.9 Å². The molecule has 1 heterocycles.